The molecule has 1 nitrogen and oxygen atoms in total. The third kappa shape index (κ3) is 4.23. The summed E-state index contributed by atoms with van der Waals surface area (Å²) in [5.74, 6) is 0.697. The molecule has 0 radical (unpaired) electrons. The Balaban J connectivity index is 2.13. The standard InChI is InChI=1S/C17H26FNS/c1-4-19-13(3)16-11-14(18)8-9-17(16)20-15-7-5-6-12(2)10-15/h8-9,11-13,15,19H,4-7,10H2,1-3H3. The predicted octanol–water partition coefficient (Wildman–Crippen LogP) is 5.17. The van der Waals surface area contributed by atoms with Gasteiger partial charge in [0.2, 0.25) is 0 Å². The fourth-order valence-electron chi connectivity index (χ4n) is 3.05. The first-order chi connectivity index (χ1) is 9.60. The van der Waals surface area contributed by atoms with E-state index in [1.165, 1.54) is 30.6 Å². The van der Waals surface area contributed by atoms with Gasteiger partial charge in [-0.15, -0.1) is 11.8 Å². The molecule has 0 spiro atoms. The van der Waals surface area contributed by atoms with Crippen molar-refractivity contribution in [3.8, 4) is 0 Å². The molecule has 1 aromatic rings. The molecular weight excluding hydrogens is 269 g/mol. The van der Waals surface area contributed by atoms with Crippen molar-refractivity contribution in [2.24, 2.45) is 5.92 Å². The van der Waals surface area contributed by atoms with Gasteiger partial charge in [0, 0.05) is 16.2 Å². The van der Waals surface area contributed by atoms with E-state index in [0.717, 1.165) is 18.0 Å². The summed E-state index contributed by atoms with van der Waals surface area (Å²) in [6, 6.07) is 5.46. The highest BCUT2D eigenvalue weighted by molar-refractivity contribution is 8.00. The monoisotopic (exact) mass is 295 g/mol. The zero-order valence-corrected chi connectivity index (χ0v) is 13.6. The Hall–Kier alpha value is -0.540. The van der Waals surface area contributed by atoms with Crippen LogP contribution in [-0.4, -0.2) is 11.8 Å². The molecule has 1 fully saturated rings. The van der Waals surface area contributed by atoms with Crippen LogP contribution in [0.5, 0.6) is 0 Å². The van der Waals surface area contributed by atoms with Gasteiger partial charge in [-0.1, -0.05) is 26.7 Å². The summed E-state index contributed by atoms with van der Waals surface area (Å²) in [5, 5.41) is 4.09. The molecule has 1 saturated carbocycles. The summed E-state index contributed by atoms with van der Waals surface area (Å²) < 4.78 is 13.6. The number of nitrogens with one attached hydrogen (secondary N) is 1. The minimum absolute atomic E-state index is 0.133. The van der Waals surface area contributed by atoms with E-state index in [-0.39, 0.29) is 11.9 Å². The summed E-state index contributed by atoms with van der Waals surface area (Å²) in [6.45, 7) is 7.46. The molecule has 0 saturated heterocycles. The number of hydrogen-bond acceptors (Lipinski definition) is 2. The average Bonchev–Trinajstić information content (AvgIpc) is 2.41. The lowest BCUT2D eigenvalue weighted by molar-refractivity contribution is 0.394. The van der Waals surface area contributed by atoms with Crippen molar-refractivity contribution in [3.05, 3.63) is 29.6 Å². The number of rotatable bonds is 5. The van der Waals surface area contributed by atoms with E-state index >= 15 is 0 Å². The maximum Gasteiger partial charge on any atom is 0.123 e. The Morgan fingerprint density at radius 2 is 2.20 bits per heavy atom. The summed E-state index contributed by atoms with van der Waals surface area (Å²) in [5.41, 5.74) is 1.11. The number of hydrogen-bond donors (Lipinski definition) is 1. The topological polar surface area (TPSA) is 12.0 Å². The van der Waals surface area contributed by atoms with E-state index in [4.69, 9.17) is 0 Å². The van der Waals surface area contributed by atoms with Crippen molar-refractivity contribution >= 4 is 11.8 Å². The van der Waals surface area contributed by atoms with Crippen molar-refractivity contribution in [3.63, 3.8) is 0 Å². The third-order valence-electron chi connectivity index (χ3n) is 4.13. The average molecular weight is 295 g/mol. The molecule has 20 heavy (non-hydrogen) atoms. The molecule has 0 aliphatic heterocycles. The zero-order chi connectivity index (χ0) is 14.5. The molecule has 112 valence electrons. The van der Waals surface area contributed by atoms with Gasteiger partial charge < -0.3 is 5.32 Å². The van der Waals surface area contributed by atoms with Gasteiger partial charge in [-0.25, -0.2) is 4.39 Å². The van der Waals surface area contributed by atoms with E-state index in [0.29, 0.717) is 5.25 Å². The van der Waals surface area contributed by atoms with Gasteiger partial charge in [0.25, 0.3) is 0 Å². The van der Waals surface area contributed by atoms with Crippen LogP contribution in [0.1, 0.15) is 58.1 Å². The second-order valence-electron chi connectivity index (χ2n) is 5.97. The van der Waals surface area contributed by atoms with Crippen LogP contribution in [0.3, 0.4) is 0 Å². The second-order valence-corrected chi connectivity index (χ2v) is 7.32. The quantitative estimate of drug-likeness (QED) is 0.804. The van der Waals surface area contributed by atoms with Crippen LogP contribution in [0.25, 0.3) is 0 Å². The first-order valence-electron chi connectivity index (χ1n) is 7.79. The van der Waals surface area contributed by atoms with Gasteiger partial charge in [-0.2, -0.15) is 0 Å². The predicted molar refractivity (Wildman–Crippen MR) is 85.8 cm³/mol. The van der Waals surface area contributed by atoms with Gasteiger partial charge in [0.15, 0.2) is 0 Å². The van der Waals surface area contributed by atoms with E-state index in [9.17, 15) is 4.39 Å². The van der Waals surface area contributed by atoms with Crippen LogP contribution in [0.15, 0.2) is 23.1 Å². The van der Waals surface area contributed by atoms with Crippen LogP contribution in [0.4, 0.5) is 4.39 Å². The van der Waals surface area contributed by atoms with Gasteiger partial charge in [0.05, 0.1) is 0 Å². The highest BCUT2D eigenvalue weighted by Gasteiger charge is 2.21. The number of halogens is 1. The molecule has 1 aliphatic carbocycles. The van der Waals surface area contributed by atoms with Crippen molar-refractivity contribution < 1.29 is 4.39 Å². The molecule has 1 aliphatic rings. The smallest absolute Gasteiger partial charge is 0.123 e. The van der Waals surface area contributed by atoms with Crippen molar-refractivity contribution in [2.45, 2.75) is 62.6 Å². The largest absolute Gasteiger partial charge is 0.310 e. The first-order valence-corrected chi connectivity index (χ1v) is 8.67. The fraction of sp³-hybridized carbons (Fsp3) is 0.647. The molecule has 1 aromatic carbocycles. The van der Waals surface area contributed by atoms with E-state index in [1.54, 1.807) is 12.1 Å². The van der Waals surface area contributed by atoms with Crippen LogP contribution in [-0.2, 0) is 0 Å². The molecular formula is C17H26FNS. The molecule has 0 amide bonds. The summed E-state index contributed by atoms with van der Waals surface area (Å²) in [4.78, 5) is 1.25. The van der Waals surface area contributed by atoms with E-state index < -0.39 is 0 Å². The number of thioether (sulfide) groups is 1. The first kappa shape index (κ1) is 15.8. The van der Waals surface area contributed by atoms with Crippen LogP contribution < -0.4 is 5.32 Å². The molecule has 1 N–H and O–H groups in total. The van der Waals surface area contributed by atoms with Gasteiger partial charge in [0.1, 0.15) is 5.82 Å². The van der Waals surface area contributed by atoms with Crippen molar-refractivity contribution in [1.29, 1.82) is 0 Å². The maximum atomic E-state index is 13.6. The Morgan fingerprint density at radius 3 is 2.90 bits per heavy atom. The van der Waals surface area contributed by atoms with Gasteiger partial charge >= 0.3 is 0 Å². The summed E-state index contributed by atoms with van der Waals surface area (Å²) in [6.07, 6.45) is 5.28. The molecule has 0 aromatic heterocycles. The third-order valence-corrected chi connectivity index (χ3v) is 5.52. The van der Waals surface area contributed by atoms with E-state index in [2.05, 4.69) is 26.1 Å². The Kier molecular flexibility index (Phi) is 5.91. The SMILES string of the molecule is CCNC(C)c1cc(F)ccc1SC1CCCC(C)C1. The lowest BCUT2D eigenvalue weighted by Gasteiger charge is -2.27. The minimum Gasteiger partial charge on any atom is -0.310 e. The lowest BCUT2D eigenvalue weighted by Crippen LogP contribution is -2.19. The molecule has 2 rings (SSSR count). The van der Waals surface area contributed by atoms with Crippen molar-refractivity contribution in [2.75, 3.05) is 6.54 Å². The fourth-order valence-corrected chi connectivity index (χ4v) is 4.63. The molecule has 0 heterocycles. The molecule has 3 atom stereocenters. The molecule has 3 unspecified atom stereocenters. The zero-order valence-electron chi connectivity index (χ0n) is 12.8. The summed E-state index contributed by atoms with van der Waals surface area (Å²) in [7, 11) is 0. The van der Waals surface area contributed by atoms with Gasteiger partial charge in [-0.05, 0) is 56.0 Å². The maximum absolute atomic E-state index is 13.6. The lowest BCUT2D eigenvalue weighted by atomic mass is 9.91. The van der Waals surface area contributed by atoms with Crippen LogP contribution in [0, 0.1) is 11.7 Å². The summed E-state index contributed by atoms with van der Waals surface area (Å²) >= 11 is 1.95. The highest BCUT2D eigenvalue weighted by atomic mass is 32.2. The highest BCUT2D eigenvalue weighted by Crippen LogP contribution is 2.38. The van der Waals surface area contributed by atoms with Crippen molar-refractivity contribution in [1.82, 2.24) is 5.32 Å². The van der Waals surface area contributed by atoms with Crippen LogP contribution in [0.2, 0.25) is 0 Å². The Labute approximate surface area is 126 Å². The molecule has 0 bridgehead atoms. The Morgan fingerprint density at radius 1 is 1.40 bits per heavy atom. The normalized spacial score (nSPS) is 24.6. The molecule has 3 heteroatoms. The number of benzene rings is 1. The minimum atomic E-state index is -0.133. The Bertz CT molecular complexity index is 435. The van der Waals surface area contributed by atoms with Gasteiger partial charge in [-0.3, -0.25) is 0 Å². The second kappa shape index (κ2) is 7.46. The van der Waals surface area contributed by atoms with Crippen LogP contribution >= 0.6 is 11.8 Å². The van der Waals surface area contributed by atoms with E-state index in [1.807, 2.05) is 17.8 Å².